The van der Waals surface area contributed by atoms with E-state index in [1.165, 1.54) is 0 Å². The van der Waals surface area contributed by atoms with Crippen LogP contribution in [0.4, 0.5) is 0 Å². The van der Waals surface area contributed by atoms with Crippen molar-refractivity contribution < 1.29 is 18.3 Å². The van der Waals surface area contributed by atoms with Gasteiger partial charge in [-0.05, 0) is 19.3 Å². The van der Waals surface area contributed by atoms with Crippen LogP contribution in [0.25, 0.3) is 0 Å². The highest BCUT2D eigenvalue weighted by molar-refractivity contribution is 7.88. The molecule has 1 heterocycles. The highest BCUT2D eigenvalue weighted by Gasteiger charge is 2.33. The molecule has 1 atom stereocenters. The van der Waals surface area contributed by atoms with Gasteiger partial charge in [-0.25, -0.2) is 8.42 Å². The SMILES string of the molecule is CS(=O)(=O)N1CCCC[C@@H]1C(=O)O. The van der Waals surface area contributed by atoms with E-state index in [4.69, 9.17) is 5.11 Å². The standard InChI is InChI=1S/C7H13NO4S/c1-13(11,12)8-5-3-2-4-6(8)7(9)10/h6H,2-5H2,1H3,(H,9,10)/t6-/m1/s1. The number of carbonyl (C=O) groups is 1. The molecule has 0 aromatic rings. The Morgan fingerprint density at radius 3 is 2.46 bits per heavy atom. The Labute approximate surface area is 77.4 Å². The van der Waals surface area contributed by atoms with Gasteiger partial charge in [0.15, 0.2) is 0 Å². The Hall–Kier alpha value is -0.620. The lowest BCUT2D eigenvalue weighted by Crippen LogP contribution is -2.47. The van der Waals surface area contributed by atoms with E-state index in [1.54, 1.807) is 0 Å². The van der Waals surface area contributed by atoms with Crippen molar-refractivity contribution in [3.8, 4) is 0 Å². The fourth-order valence-corrected chi connectivity index (χ4v) is 2.67. The van der Waals surface area contributed by atoms with Crippen molar-refractivity contribution in [3.05, 3.63) is 0 Å². The third-order valence-electron chi connectivity index (χ3n) is 2.16. The smallest absolute Gasteiger partial charge is 0.322 e. The summed E-state index contributed by atoms with van der Waals surface area (Å²) in [6, 6.07) is -0.858. The lowest BCUT2D eigenvalue weighted by molar-refractivity contribution is -0.142. The van der Waals surface area contributed by atoms with Gasteiger partial charge in [-0.1, -0.05) is 0 Å². The number of rotatable bonds is 2. The molecule has 0 aliphatic carbocycles. The number of piperidine rings is 1. The van der Waals surface area contributed by atoms with Crippen LogP contribution in [0.2, 0.25) is 0 Å². The largest absolute Gasteiger partial charge is 0.480 e. The highest BCUT2D eigenvalue weighted by atomic mass is 32.2. The van der Waals surface area contributed by atoms with E-state index in [1.807, 2.05) is 0 Å². The Morgan fingerprint density at radius 2 is 2.08 bits per heavy atom. The predicted molar refractivity (Wildman–Crippen MR) is 46.8 cm³/mol. The van der Waals surface area contributed by atoms with Crippen LogP contribution in [0.15, 0.2) is 0 Å². The fourth-order valence-electron chi connectivity index (χ4n) is 1.55. The molecular formula is C7H13NO4S. The first-order valence-electron chi connectivity index (χ1n) is 4.12. The van der Waals surface area contributed by atoms with Crippen LogP contribution in [0.5, 0.6) is 0 Å². The molecule has 13 heavy (non-hydrogen) atoms. The Kier molecular flexibility index (Phi) is 2.92. The van der Waals surface area contributed by atoms with Crippen molar-refractivity contribution in [1.29, 1.82) is 0 Å². The summed E-state index contributed by atoms with van der Waals surface area (Å²) in [5.74, 6) is -1.05. The van der Waals surface area contributed by atoms with E-state index >= 15 is 0 Å². The maximum atomic E-state index is 11.2. The molecule has 76 valence electrons. The average Bonchev–Trinajstić information content (AvgIpc) is 2.03. The Morgan fingerprint density at radius 1 is 1.46 bits per heavy atom. The molecule has 0 saturated carbocycles. The number of hydrogen-bond acceptors (Lipinski definition) is 3. The van der Waals surface area contributed by atoms with Gasteiger partial charge in [0.05, 0.1) is 6.26 Å². The first-order valence-corrected chi connectivity index (χ1v) is 5.97. The molecular weight excluding hydrogens is 194 g/mol. The lowest BCUT2D eigenvalue weighted by Gasteiger charge is -2.30. The van der Waals surface area contributed by atoms with Crippen LogP contribution in [-0.4, -0.2) is 42.6 Å². The molecule has 0 aromatic heterocycles. The molecule has 1 aliphatic rings. The van der Waals surface area contributed by atoms with E-state index in [0.717, 1.165) is 23.4 Å². The summed E-state index contributed by atoms with van der Waals surface area (Å²) in [6.45, 7) is 0.329. The fraction of sp³-hybridized carbons (Fsp3) is 0.857. The zero-order valence-electron chi connectivity index (χ0n) is 7.43. The van der Waals surface area contributed by atoms with E-state index in [2.05, 4.69) is 0 Å². The quantitative estimate of drug-likeness (QED) is 0.685. The van der Waals surface area contributed by atoms with Crippen LogP contribution < -0.4 is 0 Å². The molecule has 0 radical (unpaired) electrons. The van der Waals surface area contributed by atoms with Crippen molar-refractivity contribution in [2.45, 2.75) is 25.3 Å². The minimum atomic E-state index is -3.37. The van der Waals surface area contributed by atoms with Crippen molar-refractivity contribution in [2.75, 3.05) is 12.8 Å². The molecule has 1 fully saturated rings. The monoisotopic (exact) mass is 207 g/mol. The topological polar surface area (TPSA) is 74.7 Å². The zero-order valence-corrected chi connectivity index (χ0v) is 8.25. The first-order chi connectivity index (χ1) is 5.93. The molecule has 0 aromatic carbocycles. The third-order valence-corrected chi connectivity index (χ3v) is 3.45. The summed E-state index contributed by atoms with van der Waals surface area (Å²) >= 11 is 0. The molecule has 0 unspecified atom stereocenters. The highest BCUT2D eigenvalue weighted by Crippen LogP contribution is 2.19. The van der Waals surface area contributed by atoms with Gasteiger partial charge >= 0.3 is 5.97 Å². The van der Waals surface area contributed by atoms with Crippen molar-refractivity contribution in [2.24, 2.45) is 0 Å². The maximum absolute atomic E-state index is 11.2. The van der Waals surface area contributed by atoms with Gasteiger partial charge in [-0.3, -0.25) is 4.79 Å². The van der Waals surface area contributed by atoms with Crippen molar-refractivity contribution >= 4 is 16.0 Å². The summed E-state index contributed by atoms with van der Waals surface area (Å²) in [5.41, 5.74) is 0. The van der Waals surface area contributed by atoms with Crippen LogP contribution in [0, 0.1) is 0 Å². The van der Waals surface area contributed by atoms with E-state index in [-0.39, 0.29) is 0 Å². The van der Waals surface area contributed by atoms with Gasteiger partial charge in [0.25, 0.3) is 0 Å². The average molecular weight is 207 g/mol. The molecule has 1 rings (SSSR count). The normalized spacial score (nSPS) is 25.8. The van der Waals surface area contributed by atoms with Crippen LogP contribution >= 0.6 is 0 Å². The number of sulfonamides is 1. The third kappa shape index (κ3) is 2.41. The van der Waals surface area contributed by atoms with Gasteiger partial charge in [0.2, 0.25) is 10.0 Å². The Bertz CT molecular complexity index is 298. The summed E-state index contributed by atoms with van der Waals surface area (Å²) in [5, 5.41) is 8.77. The minimum absolute atomic E-state index is 0.329. The molecule has 6 heteroatoms. The van der Waals surface area contributed by atoms with Gasteiger partial charge in [0.1, 0.15) is 6.04 Å². The van der Waals surface area contributed by atoms with E-state index < -0.39 is 22.0 Å². The second kappa shape index (κ2) is 3.63. The zero-order chi connectivity index (χ0) is 10.1. The van der Waals surface area contributed by atoms with E-state index in [9.17, 15) is 13.2 Å². The number of nitrogens with zero attached hydrogens (tertiary/aromatic N) is 1. The molecule has 1 aliphatic heterocycles. The molecule has 0 bridgehead atoms. The number of carboxylic acid groups (broad SMARTS) is 1. The Balaban J connectivity index is 2.86. The first kappa shape index (κ1) is 10.5. The van der Waals surface area contributed by atoms with E-state index in [0.29, 0.717) is 13.0 Å². The number of carboxylic acids is 1. The second-order valence-corrected chi connectivity index (χ2v) is 5.16. The van der Waals surface area contributed by atoms with Gasteiger partial charge < -0.3 is 5.11 Å². The lowest BCUT2D eigenvalue weighted by atomic mass is 10.1. The van der Waals surface area contributed by atoms with Gasteiger partial charge in [0, 0.05) is 6.54 Å². The number of hydrogen-bond donors (Lipinski definition) is 1. The van der Waals surface area contributed by atoms with Crippen LogP contribution in [0.3, 0.4) is 0 Å². The van der Waals surface area contributed by atoms with Gasteiger partial charge in [-0.2, -0.15) is 4.31 Å². The molecule has 1 N–H and O–H groups in total. The maximum Gasteiger partial charge on any atom is 0.322 e. The minimum Gasteiger partial charge on any atom is -0.480 e. The summed E-state index contributed by atoms with van der Waals surface area (Å²) in [7, 11) is -3.37. The van der Waals surface area contributed by atoms with Crippen LogP contribution in [0.1, 0.15) is 19.3 Å². The second-order valence-electron chi connectivity index (χ2n) is 3.22. The summed E-state index contributed by atoms with van der Waals surface area (Å²) in [4.78, 5) is 10.7. The summed E-state index contributed by atoms with van der Waals surface area (Å²) < 4.78 is 23.4. The molecule has 0 amide bonds. The van der Waals surface area contributed by atoms with Crippen molar-refractivity contribution in [1.82, 2.24) is 4.31 Å². The molecule has 5 nitrogen and oxygen atoms in total. The van der Waals surface area contributed by atoms with Gasteiger partial charge in [-0.15, -0.1) is 0 Å². The summed E-state index contributed by atoms with van der Waals surface area (Å²) in [6.07, 6.45) is 3.00. The van der Waals surface area contributed by atoms with Crippen LogP contribution in [-0.2, 0) is 14.8 Å². The molecule has 0 spiro atoms. The predicted octanol–water partition coefficient (Wildman–Crippen LogP) is -0.115. The van der Waals surface area contributed by atoms with Crippen molar-refractivity contribution in [3.63, 3.8) is 0 Å². The molecule has 1 saturated heterocycles. The number of aliphatic carboxylic acids is 1.